The van der Waals surface area contributed by atoms with E-state index in [0.717, 1.165) is 12.8 Å². The van der Waals surface area contributed by atoms with Gasteiger partial charge in [-0.3, -0.25) is 0 Å². The van der Waals surface area contributed by atoms with Crippen LogP contribution in [0.2, 0.25) is 0 Å². The summed E-state index contributed by atoms with van der Waals surface area (Å²) in [7, 11) is 1.35. The van der Waals surface area contributed by atoms with Crippen LogP contribution in [0.25, 0.3) is 11.4 Å². The number of ether oxygens (including phenoxy) is 3. The topological polar surface area (TPSA) is 104 Å². The third-order valence-corrected chi connectivity index (χ3v) is 5.84. The second kappa shape index (κ2) is 7.73. The summed E-state index contributed by atoms with van der Waals surface area (Å²) in [4.78, 5) is 4.48. The van der Waals surface area contributed by atoms with Gasteiger partial charge in [0.1, 0.15) is 0 Å². The molecule has 3 rings (SSSR count). The SMILES string of the molecule is COc1cc(-c2noc([C@H]3CCCN(S(C)(=O)=O)C3)n2)cc(OC)c1OC. The van der Waals surface area contributed by atoms with Gasteiger partial charge in [0.2, 0.25) is 27.5 Å². The van der Waals surface area contributed by atoms with Crippen LogP contribution in [0.1, 0.15) is 24.7 Å². The van der Waals surface area contributed by atoms with Gasteiger partial charge in [0.05, 0.1) is 33.5 Å². The van der Waals surface area contributed by atoms with Gasteiger partial charge in [-0.25, -0.2) is 12.7 Å². The number of hydrogen-bond acceptors (Lipinski definition) is 8. The van der Waals surface area contributed by atoms with Gasteiger partial charge < -0.3 is 18.7 Å². The first kappa shape index (κ1) is 19.4. The monoisotopic (exact) mass is 397 g/mol. The molecule has 10 heteroatoms. The molecule has 27 heavy (non-hydrogen) atoms. The third kappa shape index (κ3) is 4.01. The molecule has 1 aliphatic rings. The highest BCUT2D eigenvalue weighted by Crippen LogP contribution is 2.41. The normalized spacial score (nSPS) is 18.3. The van der Waals surface area contributed by atoms with Gasteiger partial charge in [-0.2, -0.15) is 4.98 Å². The number of hydrogen-bond donors (Lipinski definition) is 0. The summed E-state index contributed by atoms with van der Waals surface area (Å²) in [6, 6.07) is 3.47. The van der Waals surface area contributed by atoms with E-state index in [4.69, 9.17) is 18.7 Å². The Morgan fingerprint density at radius 3 is 2.37 bits per heavy atom. The van der Waals surface area contributed by atoms with Crippen LogP contribution in [0, 0.1) is 0 Å². The number of sulfonamides is 1. The number of rotatable bonds is 6. The molecule has 1 atom stereocenters. The molecule has 0 amide bonds. The first-order valence-electron chi connectivity index (χ1n) is 8.46. The highest BCUT2D eigenvalue weighted by Gasteiger charge is 2.30. The highest BCUT2D eigenvalue weighted by molar-refractivity contribution is 7.88. The van der Waals surface area contributed by atoms with E-state index in [1.54, 1.807) is 12.1 Å². The highest BCUT2D eigenvalue weighted by atomic mass is 32.2. The fourth-order valence-corrected chi connectivity index (χ4v) is 4.09. The van der Waals surface area contributed by atoms with Crippen molar-refractivity contribution in [1.82, 2.24) is 14.4 Å². The molecule has 0 aliphatic carbocycles. The van der Waals surface area contributed by atoms with E-state index in [9.17, 15) is 8.42 Å². The van der Waals surface area contributed by atoms with Gasteiger partial charge in [0, 0.05) is 18.7 Å². The lowest BCUT2D eigenvalue weighted by Crippen LogP contribution is -2.38. The summed E-state index contributed by atoms with van der Waals surface area (Å²) < 4.78 is 46.5. The molecule has 9 nitrogen and oxygen atoms in total. The Kier molecular flexibility index (Phi) is 5.56. The van der Waals surface area contributed by atoms with Gasteiger partial charge in [-0.1, -0.05) is 5.16 Å². The van der Waals surface area contributed by atoms with Crippen LogP contribution in [0.4, 0.5) is 0 Å². The maximum atomic E-state index is 11.8. The van der Waals surface area contributed by atoms with Crippen LogP contribution in [0.5, 0.6) is 17.2 Å². The minimum absolute atomic E-state index is 0.128. The van der Waals surface area contributed by atoms with Crippen molar-refractivity contribution in [3.63, 3.8) is 0 Å². The molecule has 1 saturated heterocycles. The lowest BCUT2D eigenvalue weighted by molar-refractivity contribution is 0.266. The lowest BCUT2D eigenvalue weighted by atomic mass is 10.00. The number of nitrogens with zero attached hydrogens (tertiary/aromatic N) is 3. The summed E-state index contributed by atoms with van der Waals surface area (Å²) in [6.45, 7) is 0.860. The fourth-order valence-electron chi connectivity index (χ4n) is 3.17. The standard InChI is InChI=1S/C17H23N3O6S/c1-23-13-8-12(9-14(24-2)15(13)25-3)16-18-17(26-19-16)11-6-5-7-20(10-11)27(4,21)22/h8-9,11H,5-7,10H2,1-4H3/t11-/m0/s1. The molecule has 0 saturated carbocycles. The zero-order valence-corrected chi connectivity index (χ0v) is 16.6. The second-order valence-corrected chi connectivity index (χ2v) is 8.31. The first-order chi connectivity index (χ1) is 12.9. The number of methoxy groups -OCH3 is 3. The van der Waals surface area contributed by atoms with Gasteiger partial charge in [-0.05, 0) is 25.0 Å². The van der Waals surface area contributed by atoms with Crippen LogP contribution < -0.4 is 14.2 Å². The first-order valence-corrected chi connectivity index (χ1v) is 10.3. The third-order valence-electron chi connectivity index (χ3n) is 4.57. The van der Waals surface area contributed by atoms with E-state index >= 15 is 0 Å². The zero-order valence-electron chi connectivity index (χ0n) is 15.8. The van der Waals surface area contributed by atoms with Crippen LogP contribution in [0.15, 0.2) is 16.7 Å². The maximum absolute atomic E-state index is 11.8. The number of benzene rings is 1. The van der Waals surface area contributed by atoms with Crippen molar-refractivity contribution in [1.29, 1.82) is 0 Å². The molecule has 2 aromatic rings. The van der Waals surface area contributed by atoms with Crippen molar-refractivity contribution in [3.05, 3.63) is 18.0 Å². The molecule has 1 aliphatic heterocycles. The second-order valence-electron chi connectivity index (χ2n) is 6.33. The summed E-state index contributed by atoms with van der Waals surface area (Å²) in [5.41, 5.74) is 0.648. The molecule has 148 valence electrons. The fraction of sp³-hybridized carbons (Fsp3) is 0.529. The zero-order chi connectivity index (χ0) is 19.6. The molecule has 0 N–H and O–H groups in total. The summed E-state index contributed by atoms with van der Waals surface area (Å²) in [5, 5.41) is 4.05. The Hall–Kier alpha value is -2.33. The van der Waals surface area contributed by atoms with E-state index in [2.05, 4.69) is 10.1 Å². The van der Waals surface area contributed by atoms with Gasteiger partial charge in [0.15, 0.2) is 11.5 Å². The predicted octanol–water partition coefficient (Wildman–Crippen LogP) is 1.90. The van der Waals surface area contributed by atoms with Gasteiger partial charge in [0.25, 0.3) is 0 Å². The van der Waals surface area contributed by atoms with Crippen LogP contribution in [-0.4, -0.2) is 63.5 Å². The molecular weight excluding hydrogens is 374 g/mol. The molecule has 2 heterocycles. The lowest BCUT2D eigenvalue weighted by Gasteiger charge is -2.28. The molecule has 1 aromatic carbocycles. The smallest absolute Gasteiger partial charge is 0.231 e. The quantitative estimate of drug-likeness (QED) is 0.728. The van der Waals surface area contributed by atoms with E-state index in [1.807, 2.05) is 0 Å². The largest absolute Gasteiger partial charge is 0.493 e. The Morgan fingerprint density at radius 1 is 1.15 bits per heavy atom. The molecule has 0 spiro atoms. The van der Waals surface area contributed by atoms with E-state index in [-0.39, 0.29) is 5.92 Å². The molecule has 1 aromatic heterocycles. The minimum atomic E-state index is -3.24. The molecule has 0 radical (unpaired) electrons. The molecule has 0 unspecified atom stereocenters. The average molecular weight is 397 g/mol. The predicted molar refractivity (Wildman–Crippen MR) is 97.8 cm³/mol. The molecule has 0 bridgehead atoms. The van der Waals surface area contributed by atoms with E-state index in [1.165, 1.54) is 31.9 Å². The Bertz CT molecular complexity index is 886. The summed E-state index contributed by atoms with van der Waals surface area (Å²) in [5.74, 6) is 2.12. The van der Waals surface area contributed by atoms with Gasteiger partial charge >= 0.3 is 0 Å². The van der Waals surface area contributed by atoms with Crippen molar-refractivity contribution in [3.8, 4) is 28.6 Å². The maximum Gasteiger partial charge on any atom is 0.231 e. The summed E-state index contributed by atoms with van der Waals surface area (Å²) >= 11 is 0. The Labute approximate surface area is 158 Å². The Morgan fingerprint density at radius 2 is 1.81 bits per heavy atom. The number of piperidine rings is 1. The van der Waals surface area contributed by atoms with Crippen molar-refractivity contribution in [2.45, 2.75) is 18.8 Å². The average Bonchev–Trinajstić information content (AvgIpc) is 3.16. The van der Waals surface area contributed by atoms with Crippen LogP contribution in [0.3, 0.4) is 0 Å². The molecular formula is C17H23N3O6S. The Balaban J connectivity index is 1.90. The van der Waals surface area contributed by atoms with Crippen molar-refractivity contribution in [2.75, 3.05) is 40.7 Å². The van der Waals surface area contributed by atoms with Crippen LogP contribution >= 0.6 is 0 Å². The van der Waals surface area contributed by atoms with Gasteiger partial charge in [-0.15, -0.1) is 0 Å². The van der Waals surface area contributed by atoms with Crippen LogP contribution in [-0.2, 0) is 10.0 Å². The minimum Gasteiger partial charge on any atom is -0.493 e. The molecule has 1 fully saturated rings. The number of aromatic nitrogens is 2. The van der Waals surface area contributed by atoms with E-state index < -0.39 is 10.0 Å². The van der Waals surface area contributed by atoms with Crippen molar-refractivity contribution >= 4 is 10.0 Å². The van der Waals surface area contributed by atoms with Crippen molar-refractivity contribution in [2.24, 2.45) is 0 Å². The van der Waals surface area contributed by atoms with Crippen molar-refractivity contribution < 1.29 is 27.2 Å². The summed E-state index contributed by atoms with van der Waals surface area (Å²) in [6.07, 6.45) is 2.76. The van der Waals surface area contributed by atoms with E-state index in [0.29, 0.717) is 47.6 Å².